The zero-order valence-electron chi connectivity index (χ0n) is 29.5. The molecule has 0 heterocycles. The summed E-state index contributed by atoms with van der Waals surface area (Å²) in [5.41, 5.74) is 0. The van der Waals surface area contributed by atoms with Gasteiger partial charge in [-0.25, -0.2) is 0 Å². The number of ether oxygens (including phenoxy) is 2. The summed E-state index contributed by atoms with van der Waals surface area (Å²) in [6.07, 6.45) is 32.1. The number of hydrogen-bond donors (Lipinski definition) is 0. The molecule has 0 radical (unpaired) electrons. The van der Waals surface area contributed by atoms with Crippen molar-refractivity contribution in [2.45, 2.75) is 200 Å². The number of carbonyl (C=O) groups excluding carboxylic acids is 2. The van der Waals surface area contributed by atoms with Gasteiger partial charge in [0.25, 0.3) is 0 Å². The summed E-state index contributed by atoms with van der Waals surface area (Å²) in [7, 11) is -1.19. The smallest absolute Gasteiger partial charge is 0.462 e. The summed E-state index contributed by atoms with van der Waals surface area (Å²) in [4.78, 5) is 29.6. The Morgan fingerprint density at radius 2 is 0.867 bits per heavy atom. The van der Waals surface area contributed by atoms with Crippen molar-refractivity contribution in [1.82, 2.24) is 0 Å². The number of unbranched alkanes of at least 4 members (excludes halogenated alkanes) is 24. The van der Waals surface area contributed by atoms with Crippen LogP contribution in [-0.4, -0.2) is 38.4 Å². The Morgan fingerprint density at radius 1 is 0.511 bits per heavy atom. The Kier molecular flexibility index (Phi) is 34.9. The average molecular weight is 662 g/mol. The van der Waals surface area contributed by atoms with Gasteiger partial charge in [0.2, 0.25) is 0 Å². The van der Waals surface area contributed by atoms with E-state index in [1.165, 1.54) is 136 Å². The molecule has 0 fully saturated rings. The van der Waals surface area contributed by atoms with Crippen LogP contribution in [-0.2, 0) is 37.7 Å². The third-order valence-corrected chi connectivity index (χ3v) is 8.74. The van der Waals surface area contributed by atoms with Gasteiger partial charge in [0.1, 0.15) is 13.2 Å². The van der Waals surface area contributed by atoms with Crippen LogP contribution in [0.25, 0.3) is 0 Å². The van der Waals surface area contributed by atoms with Crippen LogP contribution >= 0.6 is 8.25 Å². The molecule has 0 bridgehead atoms. The van der Waals surface area contributed by atoms with Crippen LogP contribution in [0, 0.1) is 0 Å². The van der Waals surface area contributed by atoms with Crippen molar-refractivity contribution in [3.63, 3.8) is 0 Å². The van der Waals surface area contributed by atoms with Crippen LogP contribution < -0.4 is 0 Å². The summed E-state index contributed by atoms with van der Waals surface area (Å²) < 4.78 is 31.3. The molecular formula is C36H70O8P+. The van der Waals surface area contributed by atoms with Crippen molar-refractivity contribution in [1.29, 1.82) is 0 Å². The van der Waals surface area contributed by atoms with Crippen molar-refractivity contribution >= 4 is 20.2 Å². The summed E-state index contributed by atoms with van der Waals surface area (Å²) in [6.45, 7) is 4.17. The maximum atomic E-state index is 12.4. The first-order valence-electron chi connectivity index (χ1n) is 18.7. The third kappa shape index (κ3) is 34.1. The minimum Gasteiger partial charge on any atom is -0.462 e. The fraction of sp³-hybridized carbons (Fsp3) is 0.944. The normalized spacial score (nSPS) is 12.3. The van der Waals surface area contributed by atoms with E-state index in [9.17, 15) is 14.2 Å². The molecule has 0 aromatic carbocycles. The highest BCUT2D eigenvalue weighted by atomic mass is 31.1. The highest BCUT2D eigenvalue weighted by Gasteiger charge is 2.23. The molecule has 0 spiro atoms. The lowest BCUT2D eigenvalue weighted by Crippen LogP contribution is -2.29. The van der Waals surface area contributed by atoms with Gasteiger partial charge in [-0.2, -0.15) is 4.89 Å². The van der Waals surface area contributed by atoms with E-state index in [2.05, 4.69) is 23.0 Å². The molecule has 45 heavy (non-hydrogen) atoms. The number of esters is 2. The molecule has 8 nitrogen and oxygen atoms in total. The van der Waals surface area contributed by atoms with Crippen LogP contribution in [0.3, 0.4) is 0 Å². The van der Waals surface area contributed by atoms with Gasteiger partial charge in [0.05, 0.1) is 11.8 Å². The lowest BCUT2D eigenvalue weighted by atomic mass is 10.0. The van der Waals surface area contributed by atoms with E-state index >= 15 is 0 Å². The number of rotatable bonds is 36. The van der Waals surface area contributed by atoms with E-state index in [0.717, 1.165) is 38.5 Å². The second-order valence-corrected chi connectivity index (χ2v) is 13.5. The van der Waals surface area contributed by atoms with E-state index in [4.69, 9.17) is 14.4 Å². The SMILES string of the molecule is CCCCCCCCCCCCCCCC(=O)OCC(COO[P+](=O)OC)OC(=O)CCCCCCCCCCCCCCC. The number of hydrogen-bond acceptors (Lipinski definition) is 8. The molecule has 0 aromatic rings. The molecule has 0 amide bonds. The van der Waals surface area contributed by atoms with Gasteiger partial charge >= 0.3 is 20.2 Å². The second kappa shape index (κ2) is 35.8. The summed E-state index contributed by atoms with van der Waals surface area (Å²) in [5, 5.41) is 0. The van der Waals surface area contributed by atoms with E-state index in [0.29, 0.717) is 12.8 Å². The zero-order chi connectivity index (χ0) is 33.1. The molecule has 266 valence electrons. The fourth-order valence-electron chi connectivity index (χ4n) is 5.37. The van der Waals surface area contributed by atoms with Crippen molar-refractivity contribution in [2.24, 2.45) is 0 Å². The van der Waals surface area contributed by atoms with Crippen molar-refractivity contribution in [3.8, 4) is 0 Å². The molecule has 0 aromatic heterocycles. The second-order valence-electron chi connectivity index (χ2n) is 12.5. The number of carbonyl (C=O) groups is 2. The first-order valence-corrected chi connectivity index (χ1v) is 19.8. The fourth-order valence-corrected chi connectivity index (χ4v) is 5.58. The molecule has 2 unspecified atom stereocenters. The van der Waals surface area contributed by atoms with Gasteiger partial charge in [-0.05, 0) is 12.8 Å². The van der Waals surface area contributed by atoms with Crippen molar-refractivity contribution in [2.75, 3.05) is 20.3 Å². The quantitative estimate of drug-likeness (QED) is 0.0215. The molecule has 0 saturated heterocycles. The van der Waals surface area contributed by atoms with E-state index in [1.807, 2.05) is 0 Å². The third-order valence-electron chi connectivity index (χ3n) is 8.21. The molecule has 0 aliphatic rings. The topological polar surface area (TPSA) is 97.4 Å². The Labute approximate surface area is 277 Å². The van der Waals surface area contributed by atoms with Crippen LogP contribution in [0.4, 0.5) is 0 Å². The summed E-state index contributed by atoms with van der Waals surface area (Å²) in [6, 6.07) is 0. The standard InChI is InChI=1S/C36H70O8P/c1-4-6-8-10-12-14-16-18-20-22-24-26-28-30-35(37)41-32-34(33-42-44-45(39)40-3)43-36(38)31-29-27-25-23-21-19-17-15-13-11-9-7-5-2/h34H,4-33H2,1-3H3/q+1. The molecule has 0 saturated carbocycles. The molecule has 0 N–H and O–H groups in total. The van der Waals surface area contributed by atoms with Crippen LogP contribution in [0.1, 0.15) is 194 Å². The Balaban J connectivity index is 3.98. The van der Waals surface area contributed by atoms with Crippen LogP contribution in [0.2, 0.25) is 0 Å². The minimum absolute atomic E-state index is 0.130. The molecule has 0 aliphatic carbocycles. The maximum absolute atomic E-state index is 12.4. The molecule has 0 rings (SSSR count). The van der Waals surface area contributed by atoms with Crippen LogP contribution in [0.5, 0.6) is 0 Å². The predicted octanol–water partition coefficient (Wildman–Crippen LogP) is 11.7. The lowest BCUT2D eigenvalue weighted by molar-refractivity contribution is -0.233. The van der Waals surface area contributed by atoms with Gasteiger partial charge in [0.15, 0.2) is 6.10 Å². The van der Waals surface area contributed by atoms with E-state index < -0.39 is 14.4 Å². The monoisotopic (exact) mass is 661 g/mol. The highest BCUT2D eigenvalue weighted by Crippen LogP contribution is 2.22. The molecule has 0 aliphatic heterocycles. The first kappa shape index (κ1) is 43.9. The van der Waals surface area contributed by atoms with Gasteiger partial charge < -0.3 is 9.47 Å². The van der Waals surface area contributed by atoms with Gasteiger partial charge in [-0.3, -0.25) is 9.59 Å². The highest BCUT2D eigenvalue weighted by molar-refractivity contribution is 7.33. The molecular weight excluding hydrogens is 591 g/mol. The lowest BCUT2D eigenvalue weighted by Gasteiger charge is -2.16. The van der Waals surface area contributed by atoms with E-state index in [1.54, 1.807) is 0 Å². The summed E-state index contributed by atoms with van der Waals surface area (Å²) >= 11 is 0. The summed E-state index contributed by atoms with van der Waals surface area (Å²) in [5.74, 6) is -0.685. The minimum atomic E-state index is -2.42. The predicted molar refractivity (Wildman–Crippen MR) is 183 cm³/mol. The molecule has 9 heteroatoms. The van der Waals surface area contributed by atoms with Crippen molar-refractivity contribution in [3.05, 3.63) is 0 Å². The van der Waals surface area contributed by atoms with E-state index in [-0.39, 0.29) is 25.2 Å². The Hall–Kier alpha value is -1.08. The van der Waals surface area contributed by atoms with Gasteiger partial charge in [-0.15, -0.1) is 4.52 Å². The zero-order valence-corrected chi connectivity index (χ0v) is 30.4. The molecule has 2 atom stereocenters. The largest absolute Gasteiger partial charge is 0.728 e. The van der Waals surface area contributed by atoms with Gasteiger partial charge in [0, 0.05) is 17.4 Å². The first-order chi connectivity index (χ1) is 22.0. The maximum Gasteiger partial charge on any atom is 0.728 e. The Bertz CT molecular complexity index is 675. The van der Waals surface area contributed by atoms with Gasteiger partial charge in [-0.1, -0.05) is 168 Å². The Morgan fingerprint density at radius 3 is 1.24 bits per heavy atom. The van der Waals surface area contributed by atoms with Crippen LogP contribution in [0.15, 0.2) is 0 Å². The van der Waals surface area contributed by atoms with Crippen molar-refractivity contribution < 1.29 is 37.7 Å². The average Bonchev–Trinajstić information content (AvgIpc) is 3.04.